The second-order valence-electron chi connectivity index (χ2n) is 5.05. The van der Waals surface area contributed by atoms with Crippen molar-refractivity contribution in [2.45, 2.75) is 31.9 Å². The van der Waals surface area contributed by atoms with Crippen LogP contribution in [0.4, 0.5) is 5.69 Å². The van der Waals surface area contributed by atoms with Crippen LogP contribution in [0.5, 0.6) is 0 Å². The molecule has 0 radical (unpaired) electrons. The Labute approximate surface area is 104 Å². The summed E-state index contributed by atoms with van der Waals surface area (Å²) in [5.74, 6) is 0. The molecule has 0 aromatic heterocycles. The van der Waals surface area contributed by atoms with Gasteiger partial charge >= 0.3 is 0 Å². The molecule has 1 aromatic rings. The number of hydrogen-bond acceptors (Lipinski definition) is 3. The molecule has 0 bridgehead atoms. The Morgan fingerprint density at radius 1 is 1.35 bits per heavy atom. The van der Waals surface area contributed by atoms with Crippen molar-refractivity contribution in [1.82, 2.24) is 0 Å². The summed E-state index contributed by atoms with van der Waals surface area (Å²) in [6.45, 7) is 4.87. The zero-order valence-corrected chi connectivity index (χ0v) is 10.8. The molecule has 1 aromatic carbocycles. The Morgan fingerprint density at radius 3 is 2.65 bits per heavy atom. The van der Waals surface area contributed by atoms with E-state index in [1.807, 2.05) is 0 Å². The van der Waals surface area contributed by atoms with Gasteiger partial charge < -0.3 is 15.4 Å². The Balaban J connectivity index is 2.10. The van der Waals surface area contributed by atoms with E-state index in [-0.39, 0.29) is 5.60 Å². The van der Waals surface area contributed by atoms with Gasteiger partial charge in [-0.25, -0.2) is 0 Å². The first-order valence-electron chi connectivity index (χ1n) is 6.26. The average Bonchev–Trinajstić information content (AvgIpc) is 2.39. The molecule has 0 spiro atoms. The maximum Gasteiger partial charge on any atom is 0.0825 e. The van der Waals surface area contributed by atoms with Crippen LogP contribution in [0.3, 0.4) is 0 Å². The third-order valence-corrected chi connectivity index (χ3v) is 3.69. The first-order chi connectivity index (χ1) is 8.17. The van der Waals surface area contributed by atoms with E-state index in [0.29, 0.717) is 6.54 Å². The first-order valence-corrected chi connectivity index (χ1v) is 6.26. The Hall–Kier alpha value is -1.06. The maximum atomic E-state index is 5.61. The van der Waals surface area contributed by atoms with E-state index in [1.165, 1.54) is 17.7 Å². The molecule has 0 amide bonds. The van der Waals surface area contributed by atoms with Gasteiger partial charge in [-0.2, -0.15) is 0 Å². The van der Waals surface area contributed by atoms with E-state index in [9.17, 15) is 0 Å². The second-order valence-corrected chi connectivity index (χ2v) is 5.05. The third-order valence-electron chi connectivity index (χ3n) is 3.69. The number of ether oxygens (including phenoxy) is 1. The van der Waals surface area contributed by atoms with Crippen molar-refractivity contribution in [3.63, 3.8) is 0 Å². The summed E-state index contributed by atoms with van der Waals surface area (Å²) in [7, 11) is 1.81. The first kappa shape index (κ1) is 12.4. The molecule has 0 aliphatic carbocycles. The quantitative estimate of drug-likeness (QED) is 0.871. The van der Waals surface area contributed by atoms with E-state index < -0.39 is 0 Å². The lowest BCUT2D eigenvalue weighted by Crippen LogP contribution is -2.47. The smallest absolute Gasteiger partial charge is 0.0825 e. The van der Waals surface area contributed by atoms with Crippen molar-refractivity contribution in [2.75, 3.05) is 25.1 Å². The fraction of sp³-hybridized carbons (Fsp3) is 0.571. The van der Waals surface area contributed by atoms with Gasteiger partial charge in [0.05, 0.1) is 5.60 Å². The molecule has 1 atom stereocenters. The Kier molecular flexibility index (Phi) is 3.69. The van der Waals surface area contributed by atoms with Crippen molar-refractivity contribution in [3.8, 4) is 0 Å². The summed E-state index contributed by atoms with van der Waals surface area (Å²) in [5, 5.41) is 0. The molecule has 94 valence electrons. The van der Waals surface area contributed by atoms with E-state index in [2.05, 4.69) is 36.1 Å². The van der Waals surface area contributed by atoms with Crippen molar-refractivity contribution >= 4 is 5.69 Å². The van der Waals surface area contributed by atoms with Gasteiger partial charge in [0, 0.05) is 32.4 Å². The fourth-order valence-electron chi connectivity index (χ4n) is 2.44. The van der Waals surface area contributed by atoms with Gasteiger partial charge in [0.1, 0.15) is 0 Å². The number of anilines is 1. The molecule has 17 heavy (non-hydrogen) atoms. The third kappa shape index (κ3) is 2.79. The van der Waals surface area contributed by atoms with Crippen LogP contribution in [0, 0.1) is 0 Å². The normalized spacial score (nSPS) is 25.0. The molecule has 1 fully saturated rings. The van der Waals surface area contributed by atoms with Gasteiger partial charge in [-0.3, -0.25) is 0 Å². The molecule has 3 nitrogen and oxygen atoms in total. The van der Waals surface area contributed by atoms with Gasteiger partial charge in [-0.15, -0.1) is 0 Å². The van der Waals surface area contributed by atoms with E-state index in [4.69, 9.17) is 10.5 Å². The zero-order valence-electron chi connectivity index (χ0n) is 10.8. The lowest BCUT2D eigenvalue weighted by molar-refractivity contribution is -0.00465. The molecule has 1 saturated heterocycles. The van der Waals surface area contributed by atoms with Crippen molar-refractivity contribution in [1.29, 1.82) is 0 Å². The van der Waals surface area contributed by atoms with Crippen LogP contribution in [-0.2, 0) is 11.3 Å². The molecule has 3 heteroatoms. The summed E-state index contributed by atoms with van der Waals surface area (Å²) in [6.07, 6.45) is 2.32. The zero-order chi connectivity index (χ0) is 12.3. The van der Waals surface area contributed by atoms with Crippen LogP contribution in [0.2, 0.25) is 0 Å². The Bertz CT molecular complexity index is 363. The monoisotopic (exact) mass is 234 g/mol. The highest BCUT2D eigenvalue weighted by Crippen LogP contribution is 2.28. The number of rotatable bonds is 3. The summed E-state index contributed by atoms with van der Waals surface area (Å²) in [4.78, 5) is 2.40. The molecule has 1 aliphatic rings. The minimum absolute atomic E-state index is 0.00914. The fourth-order valence-corrected chi connectivity index (χ4v) is 2.44. The second kappa shape index (κ2) is 5.07. The topological polar surface area (TPSA) is 38.5 Å². The van der Waals surface area contributed by atoms with Crippen molar-refractivity contribution in [3.05, 3.63) is 29.8 Å². The lowest BCUT2D eigenvalue weighted by atomic mass is 9.94. The molecule has 1 unspecified atom stereocenters. The predicted molar refractivity (Wildman–Crippen MR) is 71.2 cm³/mol. The van der Waals surface area contributed by atoms with Crippen LogP contribution in [0.25, 0.3) is 0 Å². The van der Waals surface area contributed by atoms with Gasteiger partial charge in [0.2, 0.25) is 0 Å². The number of hydrogen-bond donors (Lipinski definition) is 1. The lowest BCUT2D eigenvalue weighted by Gasteiger charge is -2.40. The van der Waals surface area contributed by atoms with E-state index in [1.54, 1.807) is 7.11 Å². The van der Waals surface area contributed by atoms with Gasteiger partial charge in [-0.05, 0) is 37.5 Å². The summed E-state index contributed by atoms with van der Waals surface area (Å²) >= 11 is 0. The Morgan fingerprint density at radius 2 is 2.06 bits per heavy atom. The van der Waals surface area contributed by atoms with Crippen molar-refractivity contribution < 1.29 is 4.74 Å². The molecule has 0 saturated carbocycles. The summed E-state index contributed by atoms with van der Waals surface area (Å²) in [5.41, 5.74) is 8.05. The van der Waals surface area contributed by atoms with E-state index in [0.717, 1.165) is 19.5 Å². The number of nitrogens with zero attached hydrogens (tertiary/aromatic N) is 1. The molecule has 2 rings (SSSR count). The molecular weight excluding hydrogens is 212 g/mol. The molecule has 2 N–H and O–H groups in total. The van der Waals surface area contributed by atoms with Crippen LogP contribution in [0.1, 0.15) is 25.3 Å². The van der Waals surface area contributed by atoms with Crippen molar-refractivity contribution in [2.24, 2.45) is 5.73 Å². The van der Waals surface area contributed by atoms with Crippen LogP contribution in [-0.4, -0.2) is 25.8 Å². The number of piperidine rings is 1. The van der Waals surface area contributed by atoms with Gasteiger partial charge in [-0.1, -0.05) is 12.1 Å². The predicted octanol–water partition coefficient (Wildman–Crippen LogP) is 2.15. The minimum atomic E-state index is -0.00914. The highest BCUT2D eigenvalue weighted by molar-refractivity contribution is 5.48. The molecule has 1 heterocycles. The van der Waals surface area contributed by atoms with Gasteiger partial charge in [0.15, 0.2) is 0 Å². The highest BCUT2D eigenvalue weighted by atomic mass is 16.5. The molecular formula is C14H22N2O. The standard InChI is InChI=1S/C14H22N2O/c1-14(17-2)8-3-9-16(11-14)13-6-4-12(10-15)5-7-13/h4-7H,3,8-11,15H2,1-2H3. The maximum absolute atomic E-state index is 5.61. The number of benzene rings is 1. The summed E-state index contributed by atoms with van der Waals surface area (Å²) in [6, 6.07) is 8.52. The minimum Gasteiger partial charge on any atom is -0.377 e. The van der Waals surface area contributed by atoms with Crippen LogP contribution in [0.15, 0.2) is 24.3 Å². The highest BCUT2D eigenvalue weighted by Gasteiger charge is 2.30. The SMILES string of the molecule is COC1(C)CCCN(c2ccc(CN)cc2)C1. The summed E-state index contributed by atoms with van der Waals surface area (Å²) < 4.78 is 5.61. The van der Waals surface area contributed by atoms with Crippen LogP contribution < -0.4 is 10.6 Å². The largest absolute Gasteiger partial charge is 0.377 e. The molecule has 1 aliphatic heterocycles. The van der Waals surface area contributed by atoms with E-state index >= 15 is 0 Å². The average molecular weight is 234 g/mol. The number of nitrogens with two attached hydrogens (primary N) is 1. The van der Waals surface area contributed by atoms with Gasteiger partial charge in [0.25, 0.3) is 0 Å². The van der Waals surface area contributed by atoms with Crippen LogP contribution >= 0.6 is 0 Å². The number of methoxy groups -OCH3 is 1.